The number of pyridine rings is 1. The van der Waals surface area contributed by atoms with Gasteiger partial charge in [-0.15, -0.1) is 0 Å². The standard InChI is InChI=1S/C27H30F2N4O3/c1-26(2,14-36-4)23-21(15-7-9-27(3,10-8-15)25(34)35)22-20(11-16-13-30-32-24(16)31-22)33(23)17-5-6-18(28)19(29)12-17/h5-6,11-13,15H,7-10,14H2,1-4H3,(H,34,35)(H,30,31,32). The second-order valence-electron chi connectivity index (χ2n) is 10.8. The minimum atomic E-state index is -0.932. The number of ether oxygens (including phenoxy) is 1. The maximum Gasteiger partial charge on any atom is 0.309 e. The van der Waals surface area contributed by atoms with Crippen molar-refractivity contribution >= 4 is 28.0 Å². The van der Waals surface area contributed by atoms with Gasteiger partial charge in [-0.3, -0.25) is 9.89 Å². The highest BCUT2D eigenvalue weighted by molar-refractivity contribution is 5.94. The van der Waals surface area contributed by atoms with Crippen LogP contribution in [0.3, 0.4) is 0 Å². The summed E-state index contributed by atoms with van der Waals surface area (Å²) in [5, 5.41) is 17.6. The van der Waals surface area contributed by atoms with Gasteiger partial charge in [0.15, 0.2) is 17.3 Å². The third kappa shape index (κ3) is 3.86. The lowest BCUT2D eigenvalue weighted by Crippen LogP contribution is -2.33. The highest BCUT2D eigenvalue weighted by atomic mass is 19.2. The van der Waals surface area contributed by atoms with Crippen molar-refractivity contribution in [2.75, 3.05) is 13.7 Å². The number of halogens is 2. The average molecular weight is 497 g/mol. The summed E-state index contributed by atoms with van der Waals surface area (Å²) < 4.78 is 35.9. The molecule has 7 nitrogen and oxygen atoms in total. The van der Waals surface area contributed by atoms with Gasteiger partial charge >= 0.3 is 5.97 Å². The zero-order valence-electron chi connectivity index (χ0n) is 20.9. The predicted molar refractivity (Wildman–Crippen MR) is 132 cm³/mol. The molecule has 2 N–H and O–H groups in total. The number of hydrogen-bond donors (Lipinski definition) is 2. The number of aliphatic carboxylic acids is 1. The average Bonchev–Trinajstić information content (AvgIpc) is 3.42. The van der Waals surface area contributed by atoms with Crippen molar-refractivity contribution in [3.63, 3.8) is 0 Å². The number of benzene rings is 1. The van der Waals surface area contributed by atoms with Crippen molar-refractivity contribution < 1.29 is 23.4 Å². The molecule has 0 unspecified atom stereocenters. The predicted octanol–water partition coefficient (Wildman–Crippen LogP) is 5.85. The highest BCUT2D eigenvalue weighted by Gasteiger charge is 2.41. The van der Waals surface area contributed by atoms with Gasteiger partial charge in [0.25, 0.3) is 0 Å². The molecule has 5 rings (SSSR count). The number of hydrogen-bond acceptors (Lipinski definition) is 4. The zero-order valence-corrected chi connectivity index (χ0v) is 20.9. The van der Waals surface area contributed by atoms with E-state index in [9.17, 15) is 18.7 Å². The largest absolute Gasteiger partial charge is 0.481 e. The number of nitrogens with one attached hydrogen (secondary N) is 1. The van der Waals surface area contributed by atoms with E-state index in [4.69, 9.17) is 9.72 Å². The minimum absolute atomic E-state index is 0.0467. The fourth-order valence-corrected chi connectivity index (χ4v) is 5.72. The lowest BCUT2D eigenvalue weighted by atomic mass is 9.69. The summed E-state index contributed by atoms with van der Waals surface area (Å²) in [4.78, 5) is 16.8. The third-order valence-electron chi connectivity index (χ3n) is 7.70. The Morgan fingerprint density at radius 2 is 1.97 bits per heavy atom. The number of carboxylic acids is 1. The molecule has 0 bridgehead atoms. The van der Waals surface area contributed by atoms with Crippen molar-refractivity contribution in [3.05, 3.63) is 53.4 Å². The minimum Gasteiger partial charge on any atom is -0.481 e. The number of rotatable bonds is 6. The van der Waals surface area contributed by atoms with Gasteiger partial charge in [0, 0.05) is 40.9 Å². The first-order valence-electron chi connectivity index (χ1n) is 12.1. The number of aromatic amines is 1. The van der Waals surface area contributed by atoms with Crippen LogP contribution in [0.15, 0.2) is 30.5 Å². The Morgan fingerprint density at radius 3 is 2.61 bits per heavy atom. The van der Waals surface area contributed by atoms with E-state index >= 15 is 0 Å². The van der Waals surface area contributed by atoms with Gasteiger partial charge in [-0.2, -0.15) is 5.10 Å². The van der Waals surface area contributed by atoms with Gasteiger partial charge in [0.2, 0.25) is 0 Å². The molecular weight excluding hydrogens is 466 g/mol. The van der Waals surface area contributed by atoms with E-state index in [-0.39, 0.29) is 5.92 Å². The highest BCUT2D eigenvalue weighted by Crippen LogP contribution is 2.49. The Balaban J connectivity index is 1.82. The van der Waals surface area contributed by atoms with Crippen LogP contribution in [0.2, 0.25) is 0 Å². The number of carboxylic acid groups (broad SMARTS) is 1. The Kier molecular flexibility index (Phi) is 5.86. The van der Waals surface area contributed by atoms with E-state index in [1.165, 1.54) is 6.07 Å². The molecule has 36 heavy (non-hydrogen) atoms. The third-order valence-corrected chi connectivity index (χ3v) is 7.70. The Bertz CT molecular complexity index is 1460. The molecule has 0 saturated heterocycles. The van der Waals surface area contributed by atoms with Gasteiger partial charge in [0.1, 0.15) is 0 Å². The molecule has 1 saturated carbocycles. The molecule has 9 heteroatoms. The van der Waals surface area contributed by atoms with E-state index < -0.39 is 28.4 Å². The molecule has 1 aliphatic rings. The molecule has 4 aromatic rings. The summed E-state index contributed by atoms with van der Waals surface area (Å²) in [5.74, 6) is -2.57. The van der Waals surface area contributed by atoms with Crippen LogP contribution in [0, 0.1) is 17.0 Å². The van der Waals surface area contributed by atoms with Crippen LogP contribution in [0.5, 0.6) is 0 Å². The fraction of sp³-hybridized carbons (Fsp3) is 0.444. The molecule has 1 fully saturated rings. The maximum absolute atomic E-state index is 14.5. The summed E-state index contributed by atoms with van der Waals surface area (Å²) in [6.45, 7) is 6.31. The van der Waals surface area contributed by atoms with Crippen molar-refractivity contribution in [2.24, 2.45) is 5.41 Å². The van der Waals surface area contributed by atoms with Crippen molar-refractivity contribution in [2.45, 2.75) is 57.8 Å². The Labute approximate surface area is 207 Å². The lowest BCUT2D eigenvalue weighted by Gasteiger charge is -2.36. The van der Waals surface area contributed by atoms with E-state index in [1.807, 2.05) is 10.6 Å². The van der Waals surface area contributed by atoms with E-state index in [1.54, 1.807) is 26.3 Å². The van der Waals surface area contributed by atoms with Crippen molar-refractivity contribution in [1.29, 1.82) is 0 Å². The summed E-state index contributed by atoms with van der Waals surface area (Å²) >= 11 is 0. The SMILES string of the molecule is COCC(C)(C)c1c(C2CCC(C)(C(=O)O)CC2)c2nc3[nH]ncc3cc2n1-c1ccc(F)c(F)c1. The van der Waals surface area contributed by atoms with Crippen molar-refractivity contribution in [1.82, 2.24) is 19.7 Å². The molecule has 0 atom stereocenters. The number of aromatic nitrogens is 4. The quantitative estimate of drug-likeness (QED) is 0.349. The second kappa shape index (κ2) is 8.65. The topological polar surface area (TPSA) is 93.0 Å². The second-order valence-corrected chi connectivity index (χ2v) is 10.8. The van der Waals surface area contributed by atoms with E-state index in [0.29, 0.717) is 43.6 Å². The first-order chi connectivity index (χ1) is 17.1. The van der Waals surface area contributed by atoms with Gasteiger partial charge in [0.05, 0.1) is 29.3 Å². The molecule has 0 spiro atoms. The van der Waals surface area contributed by atoms with E-state index in [0.717, 1.165) is 33.7 Å². The summed E-state index contributed by atoms with van der Waals surface area (Å²) in [6.07, 6.45) is 4.13. The molecular formula is C27H30F2N4O3. The van der Waals surface area contributed by atoms with Crippen LogP contribution < -0.4 is 0 Å². The van der Waals surface area contributed by atoms with Gasteiger partial charge in [-0.1, -0.05) is 13.8 Å². The summed E-state index contributed by atoms with van der Waals surface area (Å²) in [5.41, 5.74) is 3.25. The van der Waals surface area contributed by atoms with Gasteiger partial charge < -0.3 is 14.4 Å². The Hall–Kier alpha value is -3.33. The van der Waals surface area contributed by atoms with E-state index in [2.05, 4.69) is 24.0 Å². The van der Waals surface area contributed by atoms with Crippen LogP contribution in [-0.4, -0.2) is 44.5 Å². The zero-order chi connectivity index (χ0) is 25.8. The van der Waals surface area contributed by atoms with Crippen molar-refractivity contribution in [3.8, 4) is 5.69 Å². The number of carbonyl (C=O) groups is 1. The molecule has 0 radical (unpaired) electrons. The number of methoxy groups -OCH3 is 1. The molecule has 0 aliphatic heterocycles. The molecule has 1 aromatic carbocycles. The maximum atomic E-state index is 14.5. The number of fused-ring (bicyclic) bond motifs is 2. The summed E-state index contributed by atoms with van der Waals surface area (Å²) in [6, 6.07) is 5.86. The first kappa shape index (κ1) is 24.4. The molecule has 3 aromatic heterocycles. The van der Waals surface area contributed by atoms with Crippen LogP contribution in [0.4, 0.5) is 8.78 Å². The number of H-pyrrole nitrogens is 1. The van der Waals surface area contributed by atoms with Crippen LogP contribution in [0.1, 0.15) is 63.6 Å². The summed E-state index contributed by atoms with van der Waals surface area (Å²) in [7, 11) is 1.64. The van der Waals surface area contributed by atoms with Crippen LogP contribution >= 0.6 is 0 Å². The first-order valence-corrected chi connectivity index (χ1v) is 12.1. The van der Waals surface area contributed by atoms with Gasteiger partial charge in [-0.05, 0) is 56.7 Å². The normalized spacial score (nSPS) is 20.9. The molecule has 3 heterocycles. The molecule has 1 aliphatic carbocycles. The number of nitrogens with zero attached hydrogens (tertiary/aromatic N) is 3. The van der Waals surface area contributed by atoms with Gasteiger partial charge in [-0.25, -0.2) is 13.8 Å². The van der Waals surface area contributed by atoms with Crippen LogP contribution in [-0.2, 0) is 14.9 Å². The monoisotopic (exact) mass is 496 g/mol. The lowest BCUT2D eigenvalue weighted by molar-refractivity contribution is -0.149. The smallest absolute Gasteiger partial charge is 0.309 e. The fourth-order valence-electron chi connectivity index (χ4n) is 5.72. The van der Waals surface area contributed by atoms with Crippen LogP contribution in [0.25, 0.3) is 27.8 Å². The molecule has 0 amide bonds. The Morgan fingerprint density at radius 1 is 1.25 bits per heavy atom. The molecule has 190 valence electrons.